The summed E-state index contributed by atoms with van der Waals surface area (Å²) in [7, 11) is -4.75. The number of carbonyl (C=O) groups is 1. The second kappa shape index (κ2) is 25.1. The molecule has 94 heavy (non-hydrogen) atoms. The zero-order chi connectivity index (χ0) is 66.5. The highest BCUT2D eigenvalue weighted by atomic mass is 32.2. The number of nitrogens with zero attached hydrogens (tertiary/aromatic N) is 13. The van der Waals surface area contributed by atoms with Crippen LogP contribution in [0.4, 0.5) is 10.7 Å². The summed E-state index contributed by atoms with van der Waals surface area (Å²) < 4.78 is 76.6. The van der Waals surface area contributed by atoms with Crippen LogP contribution < -0.4 is 33.9 Å². The summed E-state index contributed by atoms with van der Waals surface area (Å²) in [5.41, 5.74) is 6.96. The molecule has 12 aromatic rings. The molecule has 0 aliphatic heterocycles. The van der Waals surface area contributed by atoms with Gasteiger partial charge < -0.3 is 52.6 Å². The highest BCUT2D eigenvalue weighted by molar-refractivity contribution is 8.00. The van der Waals surface area contributed by atoms with Gasteiger partial charge in [-0.2, -0.15) is 5.10 Å². The lowest BCUT2D eigenvalue weighted by molar-refractivity contribution is 0.103. The number of ether oxygens (including phenoxy) is 4. The number of phenols is 3. The van der Waals surface area contributed by atoms with E-state index in [4.69, 9.17) is 33.3 Å². The molecule has 6 aromatic carbocycles. The Balaban J connectivity index is 0.826. The second-order valence-corrected chi connectivity index (χ2v) is 25.7. The minimum absolute atomic E-state index is 0.0184. The Hall–Kier alpha value is -11.3. The Morgan fingerprint density at radius 1 is 0.713 bits per heavy atom. The largest absolute Gasteiger partial charge is 0.513 e. The van der Waals surface area contributed by atoms with Crippen LogP contribution in [0.5, 0.6) is 40.5 Å². The second-order valence-electron chi connectivity index (χ2n) is 22.0. The number of hydrogen-bond acceptors (Lipinski definition) is 21. The van der Waals surface area contributed by atoms with E-state index < -0.39 is 49.6 Å². The predicted octanol–water partition coefficient (Wildman–Crippen LogP) is 9.08. The van der Waals surface area contributed by atoms with Crippen LogP contribution >= 0.6 is 0 Å². The molecule has 0 spiro atoms. The molecular formula is C62H64N18O12S2. The number of fused-ring (bicyclic) bond motifs is 3. The quantitative estimate of drug-likeness (QED) is 0.0178. The SMILES string of the molecule is CCOC(=O)Oc1cc(O)c(-c2n[nH]c(=O)n2-c2cccc3c2ncn3C(C)CCS(=N)(=O)Oc2nnc(-c3cc(CC)c(O)cc3C)n2-c2cccc3c2ncn3C(C)CC=S(N)(=O)Nc2nnc(-c3cc(OC)c(O)cc3C)n2-c2cccc3[nH]cnc23)cc1OC. The van der Waals surface area contributed by atoms with Gasteiger partial charge in [-0.1, -0.05) is 30.2 Å². The van der Waals surface area contributed by atoms with Crippen molar-refractivity contribution in [3.63, 3.8) is 0 Å². The number of anilines is 1. The zero-order valence-corrected chi connectivity index (χ0v) is 53.5. The van der Waals surface area contributed by atoms with Crippen LogP contribution in [-0.4, -0.2) is 135 Å². The van der Waals surface area contributed by atoms with Gasteiger partial charge in [0.1, 0.15) is 37.9 Å². The number of H-pyrrole nitrogens is 2. The Morgan fingerprint density at radius 2 is 1.33 bits per heavy atom. The van der Waals surface area contributed by atoms with Gasteiger partial charge in [-0.05, 0) is 137 Å². The fourth-order valence-electron chi connectivity index (χ4n) is 11.2. The first-order chi connectivity index (χ1) is 45.1. The monoisotopic (exact) mass is 1320 g/mol. The molecule has 4 atom stereocenters. The molecule has 6 aromatic heterocycles. The number of aromatic hydroxyl groups is 3. The van der Waals surface area contributed by atoms with Crippen LogP contribution in [-0.2, 0) is 31.1 Å². The van der Waals surface area contributed by atoms with Crippen molar-refractivity contribution in [3.05, 3.63) is 137 Å². The lowest BCUT2D eigenvalue weighted by atomic mass is 10.0. The van der Waals surface area contributed by atoms with Crippen LogP contribution in [0, 0.1) is 18.6 Å². The molecule has 9 N–H and O–H groups in total. The number of aromatic nitrogens is 15. The standard InChI is InChI=1S/C62H64N18O12S2/c1-9-37-26-38(33(3)24-47(37)81)57-71-74-61(92-94(64,87)23-21-36(6)77-31-67-54-42(77)15-12-18-45(54)79-58(70-73-60(79)84)40-28-51(89-8)52(29-48(40)82)91-62(85)90-10-2)80(57)46-19-13-16-43-55(46)68-32-76(43)35(5)20-22-93(63,86)75-59-72-69-56(39-27-50(88-7)49(83)25-34(39)4)78(59)44-17-11-14-41-53(44)66-30-65-41/h11-19,22,24-32,35-36,64,81-83H,9-10,20-21,23H2,1-8H3,(H,65,66)(H,73,84)(H3,63,72,75,86). The molecule has 0 amide bonds. The maximum atomic E-state index is 14.6. The average Bonchev–Trinajstić information content (AvgIpc) is 1.62. The average molecular weight is 1320 g/mol. The molecule has 0 aliphatic rings. The van der Waals surface area contributed by atoms with E-state index in [2.05, 4.69) is 50.3 Å². The van der Waals surface area contributed by atoms with E-state index >= 15 is 0 Å². The van der Waals surface area contributed by atoms with Crippen LogP contribution in [0.25, 0.3) is 84.3 Å². The fourth-order valence-corrected chi connectivity index (χ4v) is 13.3. The molecule has 32 heteroatoms. The third-order valence-corrected chi connectivity index (χ3v) is 18.4. The van der Waals surface area contributed by atoms with E-state index in [0.717, 1.165) is 11.6 Å². The van der Waals surface area contributed by atoms with E-state index in [9.17, 15) is 38.1 Å². The van der Waals surface area contributed by atoms with Crippen LogP contribution in [0.2, 0.25) is 0 Å². The van der Waals surface area contributed by atoms with Gasteiger partial charge in [-0.25, -0.2) is 57.1 Å². The Kier molecular flexibility index (Phi) is 16.8. The van der Waals surface area contributed by atoms with Crippen LogP contribution in [0.1, 0.15) is 69.3 Å². The van der Waals surface area contributed by atoms with Gasteiger partial charge in [-0.15, -0.1) is 15.3 Å². The molecule has 486 valence electrons. The highest BCUT2D eigenvalue weighted by Crippen LogP contribution is 2.42. The molecule has 30 nitrogen and oxygen atoms in total. The number of benzene rings is 6. The molecule has 0 aliphatic carbocycles. The first kappa shape index (κ1) is 62.9. The number of hydrogen-bond donors (Lipinski definition) is 8. The fraction of sp³-hybridized carbons (Fsp3) is 0.242. The van der Waals surface area contributed by atoms with E-state index in [1.165, 1.54) is 30.2 Å². The molecule has 0 saturated heterocycles. The molecule has 0 bridgehead atoms. The molecule has 4 unspecified atom stereocenters. The van der Waals surface area contributed by atoms with Crippen LogP contribution in [0.3, 0.4) is 0 Å². The third kappa shape index (κ3) is 11.8. The topological polar surface area (TPSA) is 396 Å². The summed E-state index contributed by atoms with van der Waals surface area (Å²) in [6.07, 6.45) is 4.48. The van der Waals surface area contributed by atoms with E-state index in [1.54, 1.807) is 103 Å². The van der Waals surface area contributed by atoms with E-state index in [0.29, 0.717) is 84.7 Å². The van der Waals surface area contributed by atoms with Crippen molar-refractivity contribution in [2.24, 2.45) is 5.14 Å². The van der Waals surface area contributed by atoms with Crippen molar-refractivity contribution in [3.8, 4) is 91.7 Å². The van der Waals surface area contributed by atoms with Crippen molar-refractivity contribution in [2.45, 2.75) is 72.9 Å². The minimum atomic E-state index is -3.99. The van der Waals surface area contributed by atoms with E-state index in [-0.39, 0.29) is 83.1 Å². The number of para-hydroxylation sites is 3. The number of aromatic amines is 2. The van der Waals surface area contributed by atoms with Crippen molar-refractivity contribution in [1.29, 1.82) is 4.78 Å². The van der Waals surface area contributed by atoms with E-state index in [1.807, 2.05) is 54.2 Å². The number of aryl methyl sites for hydroxylation is 3. The summed E-state index contributed by atoms with van der Waals surface area (Å²) in [5.74, 6) is 0.0566. The summed E-state index contributed by atoms with van der Waals surface area (Å²) in [6.45, 7) is 10.9. The molecular weight excluding hydrogens is 1250 g/mol. The zero-order valence-electron chi connectivity index (χ0n) is 51.9. The minimum Gasteiger partial charge on any atom is -0.508 e. The molecule has 12 rings (SSSR count). The van der Waals surface area contributed by atoms with Gasteiger partial charge in [0.15, 0.2) is 40.5 Å². The Morgan fingerprint density at radius 3 is 2.01 bits per heavy atom. The number of nitrogens with two attached hydrogens (primary N) is 1. The van der Waals surface area contributed by atoms with Gasteiger partial charge in [0.25, 0.3) is 0 Å². The van der Waals surface area contributed by atoms with Crippen molar-refractivity contribution < 1.29 is 51.7 Å². The number of carbonyl (C=O) groups excluding carboxylic acids is 1. The summed E-state index contributed by atoms with van der Waals surface area (Å²) in [6, 6.07) is 24.0. The molecule has 6 heterocycles. The summed E-state index contributed by atoms with van der Waals surface area (Å²) in [4.78, 5) is 42.9. The highest BCUT2D eigenvalue weighted by Gasteiger charge is 2.29. The number of methoxy groups -OCH3 is 2. The Labute approximate surface area is 536 Å². The van der Waals surface area contributed by atoms with Crippen molar-refractivity contribution in [2.75, 3.05) is 31.3 Å². The van der Waals surface area contributed by atoms with Gasteiger partial charge >= 0.3 is 17.9 Å². The normalized spacial score (nSPS) is 13.6. The van der Waals surface area contributed by atoms with Crippen molar-refractivity contribution >= 4 is 70.5 Å². The summed E-state index contributed by atoms with van der Waals surface area (Å²) in [5, 5.41) is 65.4. The lowest BCUT2D eigenvalue weighted by Crippen LogP contribution is -2.27. The maximum absolute atomic E-state index is 14.6. The molecule has 0 fully saturated rings. The number of nitrogens with one attached hydrogen (secondary N) is 4. The number of rotatable bonds is 22. The van der Waals surface area contributed by atoms with Gasteiger partial charge in [0.2, 0.25) is 16.0 Å². The van der Waals surface area contributed by atoms with Gasteiger partial charge in [0.05, 0.1) is 84.7 Å². The smallest absolute Gasteiger partial charge is 0.508 e. The van der Waals surface area contributed by atoms with Gasteiger partial charge in [-0.3, -0.25) is 9.29 Å². The maximum Gasteiger partial charge on any atom is 0.513 e. The first-order valence-corrected chi connectivity index (χ1v) is 32.7. The third-order valence-electron chi connectivity index (χ3n) is 16.0. The van der Waals surface area contributed by atoms with Gasteiger partial charge in [0, 0.05) is 34.6 Å². The Bertz CT molecular complexity index is 5250. The lowest BCUT2D eigenvalue weighted by Gasteiger charge is -2.18. The first-order valence-electron chi connectivity index (χ1n) is 29.4. The predicted molar refractivity (Wildman–Crippen MR) is 351 cm³/mol. The van der Waals surface area contributed by atoms with Crippen molar-refractivity contribution in [1.82, 2.24) is 73.4 Å². The molecule has 0 saturated carbocycles. The van der Waals surface area contributed by atoms with Crippen LogP contribution in [0.15, 0.2) is 115 Å². The summed E-state index contributed by atoms with van der Waals surface area (Å²) >= 11 is 0. The number of imidazole rings is 3. The molecule has 0 radical (unpaired) electrons. The number of phenolic OH excluding ortho intramolecular Hbond substituents is 3.